The second-order valence-electron chi connectivity index (χ2n) is 3.48. The minimum atomic E-state index is -0.274. The van der Waals surface area contributed by atoms with Gasteiger partial charge in [-0.25, -0.2) is 0 Å². The SMILES string of the molecule is CC(N)c1nnc(Nc2cc(Br)ccc2Br)o1. The molecule has 1 unspecified atom stereocenters. The molecule has 0 aliphatic heterocycles. The Morgan fingerprint density at radius 1 is 1.35 bits per heavy atom. The molecular weight excluding hydrogens is 352 g/mol. The van der Waals surface area contributed by atoms with Gasteiger partial charge in [0.05, 0.1) is 11.7 Å². The number of nitrogens with two attached hydrogens (primary N) is 1. The Kier molecular flexibility index (Phi) is 3.80. The standard InChI is InChI=1S/C10H10Br2N4O/c1-5(13)9-15-16-10(17-9)14-8-4-6(11)2-3-7(8)12/h2-5H,13H2,1H3,(H,14,16). The summed E-state index contributed by atoms with van der Waals surface area (Å²) in [5.41, 5.74) is 6.47. The number of nitrogens with one attached hydrogen (secondary N) is 1. The van der Waals surface area contributed by atoms with Crippen LogP contribution >= 0.6 is 31.9 Å². The quantitative estimate of drug-likeness (QED) is 0.876. The summed E-state index contributed by atoms with van der Waals surface area (Å²) >= 11 is 6.82. The smallest absolute Gasteiger partial charge is 0.320 e. The molecule has 1 atom stereocenters. The van der Waals surface area contributed by atoms with Gasteiger partial charge < -0.3 is 15.5 Å². The van der Waals surface area contributed by atoms with Gasteiger partial charge in [-0.2, -0.15) is 0 Å². The van der Waals surface area contributed by atoms with E-state index in [2.05, 4.69) is 47.4 Å². The van der Waals surface area contributed by atoms with E-state index in [-0.39, 0.29) is 6.04 Å². The van der Waals surface area contributed by atoms with Gasteiger partial charge in [0.25, 0.3) is 0 Å². The first-order valence-electron chi connectivity index (χ1n) is 4.87. The highest BCUT2D eigenvalue weighted by Crippen LogP contribution is 2.28. The first-order valence-corrected chi connectivity index (χ1v) is 6.46. The Morgan fingerprint density at radius 3 is 2.76 bits per heavy atom. The van der Waals surface area contributed by atoms with E-state index in [1.165, 1.54) is 0 Å². The molecule has 90 valence electrons. The van der Waals surface area contributed by atoms with Crippen molar-refractivity contribution in [1.82, 2.24) is 10.2 Å². The molecule has 0 bridgehead atoms. The van der Waals surface area contributed by atoms with E-state index in [0.29, 0.717) is 11.9 Å². The van der Waals surface area contributed by atoms with Crippen LogP contribution in [0.15, 0.2) is 31.6 Å². The first kappa shape index (κ1) is 12.5. The highest BCUT2D eigenvalue weighted by atomic mass is 79.9. The Balaban J connectivity index is 2.22. The second kappa shape index (κ2) is 5.16. The van der Waals surface area contributed by atoms with Crippen LogP contribution in [0.1, 0.15) is 18.9 Å². The zero-order valence-electron chi connectivity index (χ0n) is 8.95. The van der Waals surface area contributed by atoms with Gasteiger partial charge in [0.2, 0.25) is 5.89 Å². The van der Waals surface area contributed by atoms with Crippen molar-refractivity contribution in [3.63, 3.8) is 0 Å². The third kappa shape index (κ3) is 3.05. The number of hydrogen-bond acceptors (Lipinski definition) is 5. The fraction of sp³-hybridized carbons (Fsp3) is 0.200. The topological polar surface area (TPSA) is 77.0 Å². The van der Waals surface area contributed by atoms with Gasteiger partial charge in [-0.1, -0.05) is 21.0 Å². The van der Waals surface area contributed by atoms with Gasteiger partial charge in [0.15, 0.2) is 0 Å². The Bertz CT molecular complexity index is 527. The van der Waals surface area contributed by atoms with Crippen molar-refractivity contribution in [2.75, 3.05) is 5.32 Å². The molecule has 2 aromatic rings. The lowest BCUT2D eigenvalue weighted by molar-refractivity contribution is 0.475. The maximum absolute atomic E-state index is 5.63. The van der Waals surface area contributed by atoms with Crippen molar-refractivity contribution in [3.05, 3.63) is 33.0 Å². The molecule has 0 aliphatic rings. The van der Waals surface area contributed by atoms with Crippen molar-refractivity contribution in [3.8, 4) is 0 Å². The van der Waals surface area contributed by atoms with E-state index >= 15 is 0 Å². The summed E-state index contributed by atoms with van der Waals surface area (Å²) in [4.78, 5) is 0. The summed E-state index contributed by atoms with van der Waals surface area (Å²) in [5, 5.41) is 10.7. The molecule has 1 heterocycles. The number of nitrogens with zero attached hydrogens (tertiary/aromatic N) is 2. The molecule has 17 heavy (non-hydrogen) atoms. The van der Waals surface area contributed by atoms with Crippen LogP contribution in [-0.4, -0.2) is 10.2 Å². The zero-order valence-corrected chi connectivity index (χ0v) is 12.1. The van der Waals surface area contributed by atoms with Crippen molar-refractivity contribution in [2.45, 2.75) is 13.0 Å². The van der Waals surface area contributed by atoms with E-state index in [9.17, 15) is 0 Å². The Labute approximate surface area is 115 Å². The van der Waals surface area contributed by atoms with Crippen LogP contribution in [0.25, 0.3) is 0 Å². The molecule has 0 saturated carbocycles. The van der Waals surface area contributed by atoms with Gasteiger partial charge in [0.1, 0.15) is 0 Å². The van der Waals surface area contributed by atoms with E-state index < -0.39 is 0 Å². The largest absolute Gasteiger partial charge is 0.406 e. The molecule has 1 aromatic heterocycles. The van der Waals surface area contributed by atoms with Crippen LogP contribution < -0.4 is 11.1 Å². The van der Waals surface area contributed by atoms with Gasteiger partial charge in [-0.05, 0) is 41.1 Å². The third-order valence-corrected chi connectivity index (χ3v) is 3.18. The summed E-state index contributed by atoms with van der Waals surface area (Å²) in [5.74, 6) is 0.401. The first-order chi connectivity index (χ1) is 8.06. The lowest BCUT2D eigenvalue weighted by atomic mass is 10.3. The molecule has 2 rings (SSSR count). The molecule has 0 saturated heterocycles. The normalized spacial score (nSPS) is 12.5. The summed E-state index contributed by atoms with van der Waals surface area (Å²) < 4.78 is 7.21. The van der Waals surface area contributed by atoms with Crippen LogP contribution in [0.2, 0.25) is 0 Å². The minimum absolute atomic E-state index is 0.274. The minimum Gasteiger partial charge on any atom is -0.406 e. The van der Waals surface area contributed by atoms with Gasteiger partial charge >= 0.3 is 6.01 Å². The average Bonchev–Trinajstić information content (AvgIpc) is 2.72. The number of rotatable bonds is 3. The van der Waals surface area contributed by atoms with Crippen LogP contribution in [0, 0.1) is 0 Å². The third-order valence-electron chi connectivity index (χ3n) is 2.00. The summed E-state index contributed by atoms with van der Waals surface area (Å²) in [6, 6.07) is 5.78. The van der Waals surface area contributed by atoms with E-state index in [4.69, 9.17) is 10.2 Å². The second-order valence-corrected chi connectivity index (χ2v) is 5.25. The van der Waals surface area contributed by atoms with Crippen molar-refractivity contribution < 1.29 is 4.42 Å². The molecule has 7 heteroatoms. The number of aromatic nitrogens is 2. The van der Waals surface area contributed by atoms with Gasteiger partial charge in [-0.3, -0.25) is 0 Å². The predicted molar refractivity (Wildman–Crippen MR) is 72.0 cm³/mol. The molecule has 0 fully saturated rings. The van der Waals surface area contributed by atoms with Crippen LogP contribution in [-0.2, 0) is 0 Å². The molecule has 3 N–H and O–H groups in total. The van der Waals surface area contributed by atoms with Crippen molar-refractivity contribution >= 4 is 43.6 Å². The summed E-state index contributed by atoms with van der Waals surface area (Å²) in [6.07, 6.45) is 0. The summed E-state index contributed by atoms with van der Waals surface area (Å²) in [6.45, 7) is 1.78. The number of hydrogen-bond donors (Lipinski definition) is 2. The zero-order chi connectivity index (χ0) is 12.4. The predicted octanol–water partition coefficient (Wildman–Crippen LogP) is 3.36. The average molecular weight is 362 g/mol. The lowest BCUT2D eigenvalue weighted by Gasteiger charge is -2.04. The monoisotopic (exact) mass is 360 g/mol. The maximum atomic E-state index is 5.63. The van der Waals surface area contributed by atoms with Crippen molar-refractivity contribution in [2.24, 2.45) is 5.73 Å². The number of anilines is 2. The fourth-order valence-corrected chi connectivity index (χ4v) is 1.88. The fourth-order valence-electron chi connectivity index (χ4n) is 1.18. The molecule has 0 aliphatic carbocycles. The van der Waals surface area contributed by atoms with E-state index in [1.54, 1.807) is 6.92 Å². The van der Waals surface area contributed by atoms with Crippen LogP contribution in [0.4, 0.5) is 11.7 Å². The lowest BCUT2D eigenvalue weighted by Crippen LogP contribution is -2.04. The molecule has 1 aromatic carbocycles. The highest BCUT2D eigenvalue weighted by molar-refractivity contribution is 9.11. The summed E-state index contributed by atoms with van der Waals surface area (Å²) in [7, 11) is 0. The van der Waals surface area contributed by atoms with Gasteiger partial charge in [-0.15, -0.1) is 5.10 Å². The molecular formula is C10H10Br2N4O. The molecule has 0 spiro atoms. The molecule has 5 nitrogen and oxygen atoms in total. The van der Waals surface area contributed by atoms with E-state index in [0.717, 1.165) is 14.6 Å². The highest BCUT2D eigenvalue weighted by Gasteiger charge is 2.11. The molecule has 0 radical (unpaired) electrons. The van der Waals surface area contributed by atoms with Crippen LogP contribution in [0.5, 0.6) is 0 Å². The Hall–Kier alpha value is -0.920. The van der Waals surface area contributed by atoms with E-state index in [1.807, 2.05) is 18.2 Å². The van der Waals surface area contributed by atoms with Crippen LogP contribution in [0.3, 0.4) is 0 Å². The maximum Gasteiger partial charge on any atom is 0.320 e. The number of benzene rings is 1. The molecule has 0 amide bonds. The number of halogens is 2. The van der Waals surface area contributed by atoms with Gasteiger partial charge in [0, 0.05) is 8.95 Å². The Morgan fingerprint density at radius 2 is 2.12 bits per heavy atom. The van der Waals surface area contributed by atoms with Crippen molar-refractivity contribution in [1.29, 1.82) is 0 Å².